The lowest BCUT2D eigenvalue weighted by atomic mass is 9.80. The molecule has 6 nitrogen and oxygen atoms in total. The lowest BCUT2D eigenvalue weighted by Crippen LogP contribution is -2.47. The van der Waals surface area contributed by atoms with E-state index >= 15 is 0 Å². The molecule has 19 heavy (non-hydrogen) atoms. The maximum atomic E-state index is 11.8. The molecule has 2 aromatic heterocycles. The summed E-state index contributed by atoms with van der Waals surface area (Å²) in [6.45, 7) is 0.245. The Balaban J connectivity index is 1.64. The van der Waals surface area contributed by atoms with Crippen LogP contribution in [-0.2, 0) is 0 Å². The molecule has 0 bridgehead atoms. The molecule has 1 aliphatic carbocycles. The van der Waals surface area contributed by atoms with Gasteiger partial charge >= 0.3 is 0 Å². The Bertz CT molecular complexity index is 569. The van der Waals surface area contributed by atoms with E-state index in [0.717, 1.165) is 19.3 Å². The summed E-state index contributed by atoms with van der Waals surface area (Å²) in [4.78, 5) is 11.8. The highest BCUT2D eigenvalue weighted by atomic mass is 16.5. The molecule has 0 saturated heterocycles. The smallest absolute Gasteiger partial charge is 0.273 e. The third-order valence-electron chi connectivity index (χ3n) is 3.37. The van der Waals surface area contributed by atoms with E-state index in [-0.39, 0.29) is 18.1 Å². The first-order valence-electron chi connectivity index (χ1n) is 6.17. The van der Waals surface area contributed by atoms with Crippen LogP contribution in [-0.4, -0.2) is 28.3 Å². The lowest BCUT2D eigenvalue weighted by molar-refractivity contribution is -0.0301. The van der Waals surface area contributed by atoms with Gasteiger partial charge in [0.15, 0.2) is 11.5 Å². The van der Waals surface area contributed by atoms with Crippen LogP contribution in [0.3, 0.4) is 0 Å². The molecule has 100 valence electrons. The first kappa shape index (κ1) is 12.0. The van der Waals surface area contributed by atoms with Crippen molar-refractivity contribution >= 4 is 5.91 Å². The average Bonchev–Trinajstić information content (AvgIpc) is 3.02. The first-order valence-corrected chi connectivity index (χ1v) is 6.17. The van der Waals surface area contributed by atoms with E-state index < -0.39 is 5.60 Å². The SMILES string of the molecule is O=C(NCC1(O)CCC1)c1cc(-c2ccco2)on1. The molecule has 0 radical (unpaired) electrons. The van der Waals surface area contributed by atoms with Crippen molar-refractivity contribution < 1.29 is 18.8 Å². The Labute approximate surface area is 109 Å². The van der Waals surface area contributed by atoms with Gasteiger partial charge < -0.3 is 19.4 Å². The monoisotopic (exact) mass is 262 g/mol. The highest BCUT2D eigenvalue weighted by Gasteiger charge is 2.34. The molecule has 1 amide bonds. The Morgan fingerprint density at radius 3 is 2.95 bits per heavy atom. The molecule has 6 heteroatoms. The summed E-state index contributed by atoms with van der Waals surface area (Å²) < 4.78 is 10.2. The van der Waals surface area contributed by atoms with Crippen LogP contribution in [0.2, 0.25) is 0 Å². The zero-order chi connectivity index (χ0) is 13.3. The van der Waals surface area contributed by atoms with Crippen molar-refractivity contribution in [2.24, 2.45) is 0 Å². The van der Waals surface area contributed by atoms with Crippen LogP contribution < -0.4 is 5.32 Å². The van der Waals surface area contributed by atoms with Gasteiger partial charge in [-0.3, -0.25) is 4.79 Å². The Kier molecular flexibility index (Phi) is 2.87. The zero-order valence-corrected chi connectivity index (χ0v) is 10.3. The second kappa shape index (κ2) is 4.55. The normalized spacial score (nSPS) is 16.9. The maximum absolute atomic E-state index is 11.8. The number of nitrogens with one attached hydrogen (secondary N) is 1. The molecular formula is C13H14N2O4. The van der Waals surface area contributed by atoms with Crippen LogP contribution in [0.5, 0.6) is 0 Å². The average molecular weight is 262 g/mol. The molecule has 0 unspecified atom stereocenters. The van der Waals surface area contributed by atoms with Crippen molar-refractivity contribution in [3.8, 4) is 11.5 Å². The lowest BCUT2D eigenvalue weighted by Gasteiger charge is -2.36. The van der Waals surface area contributed by atoms with E-state index in [0.29, 0.717) is 11.5 Å². The van der Waals surface area contributed by atoms with Crippen LogP contribution in [0.4, 0.5) is 0 Å². The second-order valence-corrected chi connectivity index (χ2v) is 4.81. The quantitative estimate of drug-likeness (QED) is 0.873. The predicted molar refractivity (Wildman–Crippen MR) is 65.3 cm³/mol. The molecular weight excluding hydrogens is 248 g/mol. The third-order valence-corrected chi connectivity index (χ3v) is 3.37. The number of nitrogens with zero attached hydrogens (tertiary/aromatic N) is 1. The van der Waals surface area contributed by atoms with E-state index in [4.69, 9.17) is 8.94 Å². The van der Waals surface area contributed by atoms with Gasteiger partial charge in [0, 0.05) is 12.6 Å². The van der Waals surface area contributed by atoms with Crippen LogP contribution in [0.25, 0.3) is 11.5 Å². The molecule has 1 fully saturated rings. The highest BCUT2D eigenvalue weighted by Crippen LogP contribution is 2.30. The minimum atomic E-state index is -0.747. The Morgan fingerprint density at radius 2 is 2.32 bits per heavy atom. The second-order valence-electron chi connectivity index (χ2n) is 4.81. The van der Waals surface area contributed by atoms with Crippen molar-refractivity contribution in [2.45, 2.75) is 24.9 Å². The van der Waals surface area contributed by atoms with Gasteiger partial charge in [-0.25, -0.2) is 0 Å². The number of rotatable bonds is 4. The molecule has 2 N–H and O–H groups in total. The summed E-state index contributed by atoms with van der Waals surface area (Å²) in [6, 6.07) is 4.96. The fourth-order valence-corrected chi connectivity index (χ4v) is 2.01. The summed E-state index contributed by atoms with van der Waals surface area (Å²) in [5, 5.41) is 16.2. The fourth-order valence-electron chi connectivity index (χ4n) is 2.01. The minimum absolute atomic E-state index is 0.175. The summed E-state index contributed by atoms with van der Waals surface area (Å²) >= 11 is 0. The molecule has 2 aromatic rings. The van der Waals surface area contributed by atoms with Crippen molar-refractivity contribution in [3.05, 3.63) is 30.2 Å². The van der Waals surface area contributed by atoms with Crippen LogP contribution >= 0.6 is 0 Å². The van der Waals surface area contributed by atoms with Gasteiger partial charge in [-0.05, 0) is 31.4 Å². The van der Waals surface area contributed by atoms with Crippen LogP contribution in [0, 0.1) is 0 Å². The van der Waals surface area contributed by atoms with E-state index in [1.165, 1.54) is 12.3 Å². The third kappa shape index (κ3) is 2.39. The predicted octanol–water partition coefficient (Wildman–Crippen LogP) is 1.58. The maximum Gasteiger partial charge on any atom is 0.273 e. The topological polar surface area (TPSA) is 88.5 Å². The van der Waals surface area contributed by atoms with E-state index in [9.17, 15) is 9.90 Å². The molecule has 0 aliphatic heterocycles. The van der Waals surface area contributed by atoms with Gasteiger partial charge in [0.2, 0.25) is 5.76 Å². The van der Waals surface area contributed by atoms with Gasteiger partial charge in [0.25, 0.3) is 5.91 Å². The highest BCUT2D eigenvalue weighted by molar-refractivity contribution is 5.92. The number of carbonyl (C=O) groups excluding carboxylic acids is 1. The van der Waals surface area contributed by atoms with Gasteiger partial charge in [0.1, 0.15) is 0 Å². The molecule has 0 aromatic carbocycles. The van der Waals surface area contributed by atoms with Gasteiger partial charge in [-0.15, -0.1) is 0 Å². The number of furan rings is 1. The number of aromatic nitrogens is 1. The fraction of sp³-hybridized carbons (Fsp3) is 0.385. The van der Waals surface area contributed by atoms with Crippen molar-refractivity contribution in [2.75, 3.05) is 6.54 Å². The summed E-state index contributed by atoms with van der Waals surface area (Å²) in [5.74, 6) is 0.559. The molecule has 1 aliphatic rings. The molecule has 0 spiro atoms. The zero-order valence-electron chi connectivity index (χ0n) is 10.3. The molecule has 1 saturated carbocycles. The minimum Gasteiger partial charge on any atom is -0.461 e. The molecule has 2 heterocycles. The number of carbonyl (C=O) groups is 1. The number of hydrogen-bond acceptors (Lipinski definition) is 5. The van der Waals surface area contributed by atoms with E-state index in [2.05, 4.69) is 10.5 Å². The number of hydrogen-bond donors (Lipinski definition) is 2. The summed E-state index contributed by atoms with van der Waals surface area (Å²) in [7, 11) is 0. The van der Waals surface area contributed by atoms with Gasteiger partial charge in [-0.1, -0.05) is 5.16 Å². The van der Waals surface area contributed by atoms with E-state index in [1.54, 1.807) is 12.1 Å². The number of aliphatic hydroxyl groups is 1. The largest absolute Gasteiger partial charge is 0.461 e. The van der Waals surface area contributed by atoms with Crippen LogP contribution in [0.15, 0.2) is 33.4 Å². The standard InChI is InChI=1S/C13H14N2O4/c16-12(14-8-13(17)4-2-5-13)9-7-11(19-15-9)10-3-1-6-18-10/h1,3,6-7,17H,2,4-5,8H2,(H,14,16). The van der Waals surface area contributed by atoms with Gasteiger partial charge in [-0.2, -0.15) is 0 Å². The first-order chi connectivity index (χ1) is 9.16. The van der Waals surface area contributed by atoms with Crippen molar-refractivity contribution in [3.63, 3.8) is 0 Å². The van der Waals surface area contributed by atoms with Crippen molar-refractivity contribution in [1.29, 1.82) is 0 Å². The molecule has 0 atom stereocenters. The van der Waals surface area contributed by atoms with Crippen molar-refractivity contribution in [1.82, 2.24) is 10.5 Å². The Morgan fingerprint density at radius 1 is 1.47 bits per heavy atom. The Hall–Kier alpha value is -2.08. The van der Waals surface area contributed by atoms with Crippen LogP contribution in [0.1, 0.15) is 29.8 Å². The summed E-state index contributed by atoms with van der Waals surface area (Å²) in [6.07, 6.45) is 3.97. The summed E-state index contributed by atoms with van der Waals surface area (Å²) in [5.41, 5.74) is -0.571. The van der Waals surface area contributed by atoms with E-state index in [1.807, 2.05) is 0 Å². The molecule has 3 rings (SSSR count). The van der Waals surface area contributed by atoms with Gasteiger partial charge in [0.05, 0.1) is 11.9 Å². The number of amides is 1.